The highest BCUT2D eigenvalue weighted by Gasteiger charge is 2.24. The van der Waals surface area contributed by atoms with E-state index in [1.165, 1.54) is 39.9 Å². The SMILES string of the molecule is Cc1cc(-c2cc(C)c(OCc3ncn[nH]3)c(F)c2)c2c(c1)n(CC(=O)Nc1cccc(C3CC3)c1)c(=O)n2C. The van der Waals surface area contributed by atoms with Crippen molar-refractivity contribution in [2.45, 2.75) is 45.8 Å². The Bertz CT molecular complexity index is 1780. The second kappa shape index (κ2) is 10.1. The molecular weight excluding hydrogens is 511 g/mol. The third kappa shape index (κ3) is 4.88. The predicted molar refractivity (Wildman–Crippen MR) is 150 cm³/mol. The van der Waals surface area contributed by atoms with Gasteiger partial charge < -0.3 is 10.1 Å². The summed E-state index contributed by atoms with van der Waals surface area (Å²) in [6.45, 7) is 3.58. The molecule has 1 amide bonds. The van der Waals surface area contributed by atoms with Gasteiger partial charge in [-0.05, 0) is 91.3 Å². The highest BCUT2D eigenvalue weighted by molar-refractivity contribution is 5.96. The smallest absolute Gasteiger partial charge is 0.329 e. The summed E-state index contributed by atoms with van der Waals surface area (Å²) in [7, 11) is 1.66. The van der Waals surface area contributed by atoms with E-state index in [9.17, 15) is 9.59 Å². The Kier molecular flexibility index (Phi) is 6.45. The number of carbonyl (C=O) groups excluding carboxylic acids is 1. The van der Waals surface area contributed by atoms with Crippen LogP contribution in [-0.4, -0.2) is 30.2 Å². The summed E-state index contributed by atoms with van der Waals surface area (Å²) >= 11 is 0. The van der Waals surface area contributed by atoms with Gasteiger partial charge in [0.2, 0.25) is 5.91 Å². The van der Waals surface area contributed by atoms with Crippen molar-refractivity contribution in [3.05, 3.63) is 93.7 Å². The van der Waals surface area contributed by atoms with Crippen molar-refractivity contribution in [2.24, 2.45) is 7.05 Å². The fourth-order valence-electron chi connectivity index (χ4n) is 5.21. The highest BCUT2D eigenvalue weighted by Crippen LogP contribution is 2.40. The lowest BCUT2D eigenvalue weighted by molar-refractivity contribution is -0.116. The van der Waals surface area contributed by atoms with Gasteiger partial charge in [0, 0.05) is 18.3 Å². The van der Waals surface area contributed by atoms with Crippen molar-refractivity contribution in [1.29, 1.82) is 0 Å². The maximum Gasteiger partial charge on any atom is 0.329 e. The van der Waals surface area contributed by atoms with Crippen LogP contribution < -0.4 is 15.7 Å². The van der Waals surface area contributed by atoms with Crippen LogP contribution in [0.3, 0.4) is 0 Å². The molecule has 0 atom stereocenters. The molecule has 10 heteroatoms. The van der Waals surface area contributed by atoms with Crippen molar-refractivity contribution < 1.29 is 13.9 Å². The first-order chi connectivity index (χ1) is 19.3. The molecule has 9 nitrogen and oxygen atoms in total. The number of anilines is 1. The third-order valence-corrected chi connectivity index (χ3v) is 7.26. The minimum atomic E-state index is -0.526. The van der Waals surface area contributed by atoms with Crippen LogP contribution >= 0.6 is 0 Å². The molecule has 1 aliphatic carbocycles. The van der Waals surface area contributed by atoms with E-state index in [0.717, 1.165) is 11.3 Å². The lowest BCUT2D eigenvalue weighted by Gasteiger charge is -2.13. The number of benzene rings is 3. The molecule has 6 rings (SSSR count). The largest absolute Gasteiger partial charge is 0.482 e. The molecule has 0 aliphatic heterocycles. The summed E-state index contributed by atoms with van der Waals surface area (Å²) in [4.78, 5) is 30.4. The third-order valence-electron chi connectivity index (χ3n) is 7.26. The minimum Gasteiger partial charge on any atom is -0.482 e. The quantitative estimate of drug-likeness (QED) is 0.289. The number of imidazole rings is 1. The molecule has 0 spiro atoms. The molecule has 1 aliphatic rings. The van der Waals surface area contributed by atoms with Gasteiger partial charge in [-0.25, -0.2) is 14.2 Å². The normalized spacial score (nSPS) is 13.1. The Morgan fingerprint density at radius 3 is 2.73 bits per heavy atom. The van der Waals surface area contributed by atoms with Gasteiger partial charge in [0.1, 0.15) is 19.5 Å². The van der Waals surface area contributed by atoms with E-state index in [2.05, 4.69) is 26.6 Å². The second-order valence-corrected chi connectivity index (χ2v) is 10.4. The molecule has 204 valence electrons. The molecule has 0 unspecified atom stereocenters. The molecule has 2 N–H and O–H groups in total. The molecule has 2 aromatic heterocycles. The van der Waals surface area contributed by atoms with Crippen LogP contribution in [0.5, 0.6) is 5.75 Å². The molecule has 5 aromatic rings. The fourth-order valence-corrected chi connectivity index (χ4v) is 5.21. The number of hydrogen-bond donors (Lipinski definition) is 2. The van der Waals surface area contributed by atoms with E-state index in [4.69, 9.17) is 4.74 Å². The first-order valence-electron chi connectivity index (χ1n) is 13.2. The van der Waals surface area contributed by atoms with Crippen LogP contribution in [-0.2, 0) is 25.0 Å². The molecule has 0 saturated heterocycles. The molecule has 3 aromatic carbocycles. The number of carbonyl (C=O) groups is 1. The number of nitrogens with one attached hydrogen (secondary N) is 2. The Labute approximate surface area is 229 Å². The summed E-state index contributed by atoms with van der Waals surface area (Å²) in [6.07, 6.45) is 3.71. The van der Waals surface area contributed by atoms with Gasteiger partial charge >= 0.3 is 5.69 Å². The van der Waals surface area contributed by atoms with Crippen molar-refractivity contribution in [3.63, 3.8) is 0 Å². The molecule has 1 fully saturated rings. The zero-order valence-corrected chi connectivity index (χ0v) is 22.5. The summed E-state index contributed by atoms with van der Waals surface area (Å²) < 4.78 is 23.9. The first-order valence-corrected chi connectivity index (χ1v) is 13.2. The maximum atomic E-state index is 15.3. The van der Waals surface area contributed by atoms with E-state index in [-0.39, 0.29) is 30.5 Å². The number of rotatable bonds is 8. The number of amides is 1. The second-order valence-electron chi connectivity index (χ2n) is 10.4. The van der Waals surface area contributed by atoms with Crippen LogP contribution in [0.25, 0.3) is 22.2 Å². The average Bonchev–Trinajstić information content (AvgIpc) is 3.60. The summed E-state index contributed by atoms with van der Waals surface area (Å²) in [6, 6.07) is 14.9. The molecule has 2 heterocycles. The van der Waals surface area contributed by atoms with Gasteiger partial charge in [-0.2, -0.15) is 5.10 Å². The van der Waals surface area contributed by atoms with Gasteiger partial charge in [-0.3, -0.25) is 19.0 Å². The van der Waals surface area contributed by atoms with Crippen molar-refractivity contribution in [2.75, 3.05) is 5.32 Å². The molecule has 0 radical (unpaired) electrons. The van der Waals surface area contributed by atoms with E-state index < -0.39 is 5.82 Å². The number of H-pyrrole nitrogens is 1. The van der Waals surface area contributed by atoms with E-state index in [0.29, 0.717) is 39.5 Å². The number of fused-ring (bicyclic) bond motifs is 1. The minimum absolute atomic E-state index is 0.0517. The lowest BCUT2D eigenvalue weighted by Crippen LogP contribution is -2.28. The van der Waals surface area contributed by atoms with Crippen LogP contribution in [0.4, 0.5) is 10.1 Å². The fraction of sp³-hybridized carbons (Fsp3) is 0.267. The van der Waals surface area contributed by atoms with Gasteiger partial charge in [0.25, 0.3) is 0 Å². The number of ether oxygens (including phenoxy) is 1. The van der Waals surface area contributed by atoms with Gasteiger partial charge in [-0.1, -0.05) is 12.1 Å². The standard InChI is InChI=1S/C30H29FN6O3/c1-17-9-23(21-11-18(2)29(24(31)13-21)40-15-26-32-16-33-35-26)28-25(10-17)37(30(39)36(28)3)14-27(38)34-22-6-4-5-20(12-22)19-7-8-19/h4-6,9-13,16,19H,7-8,14-15H2,1-3H3,(H,34,38)(H,32,33,35). The molecular formula is C30H29FN6O3. The van der Waals surface area contributed by atoms with Gasteiger partial charge in [-0.15, -0.1) is 0 Å². The summed E-state index contributed by atoms with van der Waals surface area (Å²) in [5, 5.41) is 9.40. The highest BCUT2D eigenvalue weighted by atomic mass is 19.1. The zero-order valence-electron chi connectivity index (χ0n) is 22.5. The maximum absolute atomic E-state index is 15.3. The van der Waals surface area contributed by atoms with Crippen LogP contribution in [0.1, 0.15) is 41.3 Å². The number of nitrogens with zero attached hydrogens (tertiary/aromatic N) is 4. The molecule has 40 heavy (non-hydrogen) atoms. The lowest BCUT2D eigenvalue weighted by atomic mass is 9.99. The number of halogens is 1. The first kappa shape index (κ1) is 25.5. The predicted octanol–water partition coefficient (Wildman–Crippen LogP) is 4.98. The average molecular weight is 541 g/mol. The van der Waals surface area contributed by atoms with E-state index in [1.807, 2.05) is 43.3 Å². The number of aryl methyl sites for hydroxylation is 3. The molecule has 1 saturated carbocycles. The molecule has 0 bridgehead atoms. The van der Waals surface area contributed by atoms with E-state index in [1.54, 1.807) is 14.0 Å². The zero-order chi connectivity index (χ0) is 28.0. The van der Waals surface area contributed by atoms with Crippen molar-refractivity contribution in [3.8, 4) is 16.9 Å². The monoisotopic (exact) mass is 540 g/mol. The van der Waals surface area contributed by atoms with Gasteiger partial charge in [0.15, 0.2) is 17.4 Å². The van der Waals surface area contributed by atoms with Crippen LogP contribution in [0.15, 0.2) is 59.7 Å². The Morgan fingerprint density at radius 2 is 2.00 bits per heavy atom. The summed E-state index contributed by atoms with van der Waals surface area (Å²) in [5.41, 5.74) is 5.60. The Morgan fingerprint density at radius 1 is 1.18 bits per heavy atom. The number of hydrogen-bond acceptors (Lipinski definition) is 5. The van der Waals surface area contributed by atoms with Crippen molar-refractivity contribution >= 4 is 22.6 Å². The summed E-state index contributed by atoms with van der Waals surface area (Å²) in [5.74, 6) is 0.362. The van der Waals surface area contributed by atoms with E-state index >= 15 is 4.39 Å². The Hall–Kier alpha value is -4.73. The number of aromatic nitrogens is 5. The number of aromatic amines is 1. The topological polar surface area (TPSA) is 107 Å². The van der Waals surface area contributed by atoms with Crippen LogP contribution in [0, 0.1) is 19.7 Å². The van der Waals surface area contributed by atoms with Gasteiger partial charge in [0.05, 0.1) is 11.0 Å². The Balaban J connectivity index is 1.32. The van der Waals surface area contributed by atoms with Crippen molar-refractivity contribution in [1.82, 2.24) is 24.3 Å². The van der Waals surface area contributed by atoms with Crippen LogP contribution in [0.2, 0.25) is 0 Å².